The molecule has 2 unspecified atom stereocenters. The highest BCUT2D eigenvalue weighted by Crippen LogP contribution is 2.66. The Labute approximate surface area is 205 Å². The van der Waals surface area contributed by atoms with Crippen molar-refractivity contribution in [3.63, 3.8) is 0 Å². The third kappa shape index (κ3) is 4.13. The van der Waals surface area contributed by atoms with E-state index in [0.717, 1.165) is 44.1 Å². The van der Waals surface area contributed by atoms with Crippen molar-refractivity contribution < 1.29 is 19.5 Å². The number of nitrogens with one attached hydrogen (secondary N) is 2. The number of benzene rings is 1. The molecule has 3 saturated heterocycles. The Bertz CT molecular complexity index is 922. The number of hydrogen-bond acceptors (Lipinski definition) is 5. The normalized spacial score (nSPS) is 32.6. The lowest BCUT2D eigenvalue weighted by Crippen LogP contribution is -2.55. The summed E-state index contributed by atoms with van der Waals surface area (Å²) in [6, 6.07) is 9.37. The zero-order chi connectivity index (χ0) is 23.7. The highest BCUT2D eigenvalue weighted by Gasteiger charge is 2.73. The number of fused-ring (bicyclic) bond motifs is 1. The Kier molecular flexibility index (Phi) is 6.89. The van der Waals surface area contributed by atoms with E-state index in [-0.39, 0.29) is 35.6 Å². The number of hydrogen-bond donors (Lipinski definition) is 3. The number of thioether (sulfide) groups is 1. The number of likely N-dealkylation sites (tertiary alicyclic amines) is 1. The Morgan fingerprint density at radius 2 is 1.85 bits per heavy atom. The van der Waals surface area contributed by atoms with E-state index in [2.05, 4.69) is 10.6 Å². The monoisotopic (exact) mass is 485 g/mol. The fourth-order valence-electron chi connectivity index (χ4n) is 6.67. The van der Waals surface area contributed by atoms with Crippen molar-refractivity contribution in [1.29, 1.82) is 0 Å². The van der Waals surface area contributed by atoms with E-state index in [1.54, 1.807) is 16.7 Å². The lowest BCUT2D eigenvalue weighted by molar-refractivity contribution is -0.140. The summed E-state index contributed by atoms with van der Waals surface area (Å²) < 4.78 is -0.551. The smallest absolute Gasteiger partial charge is 0.244 e. The highest BCUT2D eigenvalue weighted by molar-refractivity contribution is 8.02. The number of carbonyl (C=O) groups excluding carboxylic acids is 3. The molecule has 4 fully saturated rings. The molecule has 3 aliphatic heterocycles. The van der Waals surface area contributed by atoms with E-state index in [4.69, 9.17) is 0 Å². The third-order valence-corrected chi connectivity index (χ3v) is 10.1. The number of amides is 3. The van der Waals surface area contributed by atoms with Crippen LogP contribution in [0.5, 0.6) is 0 Å². The van der Waals surface area contributed by atoms with Gasteiger partial charge in [-0.1, -0.05) is 49.6 Å². The summed E-state index contributed by atoms with van der Waals surface area (Å²) in [5.41, 5.74) is 1.02. The number of aliphatic hydroxyl groups excluding tert-OH is 1. The van der Waals surface area contributed by atoms with Gasteiger partial charge in [-0.25, -0.2) is 0 Å². The molecule has 3 heterocycles. The molecular formula is C26H35N3O4S. The van der Waals surface area contributed by atoms with Crippen LogP contribution in [0.25, 0.3) is 0 Å². The quantitative estimate of drug-likeness (QED) is 0.525. The Balaban J connectivity index is 1.37. The van der Waals surface area contributed by atoms with Crippen LogP contribution in [0.3, 0.4) is 0 Å². The summed E-state index contributed by atoms with van der Waals surface area (Å²) in [7, 11) is 0. The van der Waals surface area contributed by atoms with Crippen LogP contribution in [0.1, 0.15) is 56.9 Å². The minimum atomic E-state index is -0.569. The first-order valence-electron chi connectivity index (χ1n) is 12.8. The van der Waals surface area contributed by atoms with Gasteiger partial charge >= 0.3 is 0 Å². The molecule has 2 bridgehead atoms. The number of rotatable bonds is 8. The van der Waals surface area contributed by atoms with Crippen molar-refractivity contribution in [2.75, 3.05) is 13.2 Å². The highest BCUT2D eigenvalue weighted by atomic mass is 32.2. The minimum absolute atomic E-state index is 0.0326. The Morgan fingerprint density at radius 3 is 2.59 bits per heavy atom. The van der Waals surface area contributed by atoms with Gasteiger partial charge in [0, 0.05) is 31.0 Å². The second kappa shape index (κ2) is 9.90. The van der Waals surface area contributed by atoms with Gasteiger partial charge in [-0.15, -0.1) is 11.8 Å². The molecule has 5 rings (SSSR count). The maximum absolute atomic E-state index is 13.7. The van der Waals surface area contributed by atoms with Crippen molar-refractivity contribution >= 4 is 29.5 Å². The molecule has 1 spiro atoms. The standard InChI is InChI=1S/C26H35N3O4S/c30-15-7-14-29-22(24(32)28-18-10-5-2-6-11-18)26-13-12-19(34-26)20(21(26)25(29)33)23(31)27-16-17-8-3-1-4-9-17/h1,3-4,8-9,18-22,30H,2,5-7,10-16H2,(H,27,31)(H,28,32)/t19-,20+,21+,22?,26?/m1/s1. The van der Waals surface area contributed by atoms with E-state index in [1.807, 2.05) is 30.3 Å². The third-order valence-electron chi connectivity index (χ3n) is 8.17. The molecule has 34 heavy (non-hydrogen) atoms. The molecule has 1 aromatic carbocycles. The molecular weight excluding hydrogens is 450 g/mol. The van der Waals surface area contributed by atoms with Crippen molar-refractivity contribution in [2.45, 2.75) is 80.0 Å². The largest absolute Gasteiger partial charge is 0.396 e. The molecule has 1 saturated carbocycles. The SMILES string of the molecule is O=C(NC1CCCCC1)C1N(CCCO)C(=O)[C@@H]2[C@@H](C(=O)NCc3ccccc3)[C@H]3CCC12S3. The first kappa shape index (κ1) is 23.7. The van der Waals surface area contributed by atoms with E-state index < -0.39 is 22.6 Å². The van der Waals surface area contributed by atoms with Crippen molar-refractivity contribution in [1.82, 2.24) is 15.5 Å². The topological polar surface area (TPSA) is 98.7 Å². The van der Waals surface area contributed by atoms with E-state index in [9.17, 15) is 19.5 Å². The lowest BCUT2D eigenvalue weighted by Gasteiger charge is -2.35. The molecule has 3 N–H and O–H groups in total. The van der Waals surface area contributed by atoms with E-state index in [0.29, 0.717) is 19.5 Å². The first-order chi connectivity index (χ1) is 16.5. The van der Waals surface area contributed by atoms with Crippen LogP contribution in [0.4, 0.5) is 0 Å². The number of carbonyl (C=O) groups is 3. The summed E-state index contributed by atoms with van der Waals surface area (Å²) in [5, 5.41) is 15.8. The molecule has 3 amide bonds. The molecule has 184 valence electrons. The maximum atomic E-state index is 13.7. The van der Waals surface area contributed by atoms with Gasteiger partial charge in [-0.3, -0.25) is 14.4 Å². The number of aliphatic hydroxyl groups is 1. The van der Waals surface area contributed by atoms with Crippen LogP contribution in [-0.2, 0) is 20.9 Å². The molecule has 1 aliphatic carbocycles. The van der Waals surface area contributed by atoms with Gasteiger partial charge in [-0.2, -0.15) is 0 Å². The molecule has 0 aromatic heterocycles. The predicted octanol–water partition coefficient (Wildman–Crippen LogP) is 2.23. The van der Waals surface area contributed by atoms with Crippen LogP contribution < -0.4 is 10.6 Å². The van der Waals surface area contributed by atoms with Gasteiger partial charge in [0.1, 0.15) is 6.04 Å². The molecule has 8 heteroatoms. The zero-order valence-electron chi connectivity index (χ0n) is 19.6. The molecule has 1 aromatic rings. The van der Waals surface area contributed by atoms with Crippen LogP contribution in [0.15, 0.2) is 30.3 Å². The maximum Gasteiger partial charge on any atom is 0.244 e. The second-order valence-electron chi connectivity index (χ2n) is 10.2. The van der Waals surface area contributed by atoms with Crippen molar-refractivity contribution in [3.8, 4) is 0 Å². The van der Waals surface area contributed by atoms with Gasteiger partial charge in [0.15, 0.2) is 0 Å². The average molecular weight is 486 g/mol. The summed E-state index contributed by atoms with van der Waals surface area (Å²) in [6.07, 6.45) is 7.48. The molecule has 7 nitrogen and oxygen atoms in total. The second-order valence-corrected chi connectivity index (χ2v) is 11.8. The predicted molar refractivity (Wildman–Crippen MR) is 131 cm³/mol. The van der Waals surface area contributed by atoms with Gasteiger partial charge in [0.05, 0.1) is 16.6 Å². The molecule has 4 aliphatic rings. The van der Waals surface area contributed by atoms with Gasteiger partial charge < -0.3 is 20.6 Å². The van der Waals surface area contributed by atoms with Crippen LogP contribution in [0, 0.1) is 11.8 Å². The average Bonchev–Trinajstić information content (AvgIpc) is 3.50. The van der Waals surface area contributed by atoms with Gasteiger partial charge in [-0.05, 0) is 37.7 Å². The summed E-state index contributed by atoms with van der Waals surface area (Å²) in [6.45, 7) is 0.746. The summed E-state index contributed by atoms with van der Waals surface area (Å²) in [4.78, 5) is 42.5. The summed E-state index contributed by atoms with van der Waals surface area (Å²) >= 11 is 1.70. The molecule has 5 atom stereocenters. The molecule has 0 radical (unpaired) electrons. The van der Waals surface area contributed by atoms with E-state index in [1.165, 1.54) is 6.42 Å². The van der Waals surface area contributed by atoms with Crippen molar-refractivity contribution in [3.05, 3.63) is 35.9 Å². The Morgan fingerprint density at radius 1 is 1.09 bits per heavy atom. The fraction of sp³-hybridized carbons (Fsp3) is 0.654. The fourth-order valence-corrected chi connectivity index (χ4v) is 8.88. The Hall–Kier alpha value is -2.06. The van der Waals surface area contributed by atoms with Gasteiger partial charge in [0.2, 0.25) is 17.7 Å². The van der Waals surface area contributed by atoms with Crippen molar-refractivity contribution in [2.24, 2.45) is 11.8 Å². The van der Waals surface area contributed by atoms with Crippen LogP contribution >= 0.6 is 11.8 Å². The zero-order valence-corrected chi connectivity index (χ0v) is 20.4. The first-order valence-corrected chi connectivity index (χ1v) is 13.6. The summed E-state index contributed by atoms with van der Waals surface area (Å²) in [5.74, 6) is -1.14. The van der Waals surface area contributed by atoms with Gasteiger partial charge in [0.25, 0.3) is 0 Å². The van der Waals surface area contributed by atoms with Crippen LogP contribution in [-0.4, -0.2) is 63.0 Å². The van der Waals surface area contributed by atoms with E-state index >= 15 is 0 Å². The number of nitrogens with zero attached hydrogens (tertiary/aromatic N) is 1. The van der Waals surface area contributed by atoms with Crippen LogP contribution in [0.2, 0.25) is 0 Å². The lowest BCUT2D eigenvalue weighted by atomic mass is 9.70. The minimum Gasteiger partial charge on any atom is -0.396 e.